The fourth-order valence-electron chi connectivity index (χ4n) is 1.95. The van der Waals surface area contributed by atoms with Gasteiger partial charge in [0.05, 0.1) is 5.56 Å². The molecule has 1 rings (SSSR count). The quantitative estimate of drug-likeness (QED) is 0.810. The van der Waals surface area contributed by atoms with Gasteiger partial charge in [-0.1, -0.05) is 39.8 Å². The van der Waals surface area contributed by atoms with Gasteiger partial charge in [-0.2, -0.15) is 0 Å². The summed E-state index contributed by atoms with van der Waals surface area (Å²) in [5, 5.41) is 9.20. The lowest BCUT2D eigenvalue weighted by molar-refractivity contribution is 0.0695. The van der Waals surface area contributed by atoms with E-state index in [4.69, 9.17) is 0 Å². The van der Waals surface area contributed by atoms with Crippen LogP contribution in [-0.4, -0.2) is 34.1 Å². The molecule has 2 nitrogen and oxygen atoms in total. The molecule has 0 saturated carbocycles. The van der Waals surface area contributed by atoms with E-state index in [-0.39, 0.29) is 23.1 Å². The van der Waals surface area contributed by atoms with Gasteiger partial charge in [0.25, 0.3) is 0 Å². The molecule has 0 bridgehead atoms. The molecule has 0 saturated heterocycles. The maximum atomic E-state index is 11.2. The van der Waals surface area contributed by atoms with E-state index in [0.717, 1.165) is 18.4 Å². The Morgan fingerprint density at radius 2 is 1.72 bits per heavy atom. The molecule has 0 fully saturated rings. The number of rotatable bonds is 5. The fraction of sp³-hybridized carbons (Fsp3) is 0.533. The summed E-state index contributed by atoms with van der Waals surface area (Å²) in [5.74, 6) is -0.0400. The van der Waals surface area contributed by atoms with Crippen molar-refractivity contribution < 1.29 is 9.90 Å². The molecule has 0 aromatic heterocycles. The van der Waals surface area contributed by atoms with Crippen LogP contribution in [0.3, 0.4) is 0 Å². The summed E-state index contributed by atoms with van der Waals surface area (Å²) in [4.78, 5) is 11.2. The van der Waals surface area contributed by atoms with Crippen LogP contribution in [0.25, 0.3) is 0 Å². The average molecular weight is 259 g/mol. The minimum Gasteiger partial charge on any atom is -0.478 e. The number of aromatic carboxylic acids is 1. The first-order valence-corrected chi connectivity index (χ1v) is 6.38. The molecule has 2 atom stereocenters. The van der Waals surface area contributed by atoms with Gasteiger partial charge in [-0.25, -0.2) is 4.79 Å². The van der Waals surface area contributed by atoms with E-state index in [2.05, 4.69) is 33.8 Å². The smallest absolute Gasteiger partial charge is 0.335 e. The van der Waals surface area contributed by atoms with Crippen molar-refractivity contribution in [3.05, 3.63) is 34.9 Å². The highest BCUT2D eigenvalue weighted by Gasteiger charge is 2.16. The molecule has 2 radical (unpaired) electrons. The molecule has 18 heavy (non-hydrogen) atoms. The van der Waals surface area contributed by atoms with Crippen molar-refractivity contribution in [2.75, 3.05) is 0 Å². The maximum absolute atomic E-state index is 11.2. The van der Waals surface area contributed by atoms with Gasteiger partial charge >= 0.3 is 5.97 Å². The Labute approximate surface area is 126 Å². The Bertz CT molecular complexity index is 401. The van der Waals surface area contributed by atoms with Crippen LogP contribution in [0.15, 0.2) is 18.2 Å². The van der Waals surface area contributed by atoms with Crippen molar-refractivity contribution in [2.45, 2.75) is 52.4 Å². The molecule has 1 aromatic rings. The Kier molecular flexibility index (Phi) is 7.56. The molecule has 0 aliphatic heterocycles. The predicted octanol–water partition coefficient (Wildman–Crippen LogP) is 4.03. The zero-order valence-corrected chi connectivity index (χ0v) is 13.3. The minimum atomic E-state index is -0.823. The van der Waals surface area contributed by atoms with Crippen LogP contribution < -0.4 is 0 Å². The number of carboxylic acid groups (broad SMARTS) is 1. The number of carboxylic acids is 1. The van der Waals surface area contributed by atoms with Gasteiger partial charge < -0.3 is 5.11 Å². The van der Waals surface area contributed by atoms with E-state index < -0.39 is 5.97 Å². The molecule has 96 valence electrons. The lowest BCUT2D eigenvalue weighted by Gasteiger charge is -2.17. The summed E-state index contributed by atoms with van der Waals surface area (Å²) in [6.07, 6.45) is 2.04. The third kappa shape index (κ3) is 3.99. The van der Waals surface area contributed by atoms with Crippen LogP contribution in [0.4, 0.5) is 0 Å². The monoisotopic (exact) mass is 258 g/mol. The third-order valence-corrected chi connectivity index (χ3v) is 3.63. The van der Waals surface area contributed by atoms with Crippen LogP contribution in [0, 0.1) is 0 Å². The third-order valence-electron chi connectivity index (χ3n) is 3.63. The Morgan fingerprint density at radius 3 is 2.17 bits per heavy atom. The van der Waals surface area contributed by atoms with E-state index in [0.29, 0.717) is 17.4 Å². The molecular formula is C15H22MgO2. The highest BCUT2D eigenvalue weighted by molar-refractivity contribution is 5.89. The molecule has 2 unspecified atom stereocenters. The van der Waals surface area contributed by atoms with Gasteiger partial charge in [0, 0.05) is 23.1 Å². The van der Waals surface area contributed by atoms with Gasteiger partial charge in [0.1, 0.15) is 0 Å². The number of benzene rings is 1. The van der Waals surface area contributed by atoms with Crippen LogP contribution in [0.1, 0.15) is 73.9 Å². The van der Waals surface area contributed by atoms with Gasteiger partial charge in [0.2, 0.25) is 0 Å². The van der Waals surface area contributed by atoms with Gasteiger partial charge in [-0.3, -0.25) is 0 Å². The summed E-state index contributed by atoms with van der Waals surface area (Å²) in [6.45, 7) is 8.50. The van der Waals surface area contributed by atoms with E-state index in [1.807, 2.05) is 6.07 Å². The molecule has 3 heteroatoms. The summed E-state index contributed by atoms with van der Waals surface area (Å²) < 4.78 is 0. The Hall–Kier alpha value is -0.544. The van der Waals surface area contributed by atoms with Crippen LogP contribution in [0.5, 0.6) is 0 Å². The van der Waals surface area contributed by atoms with Gasteiger partial charge in [-0.15, -0.1) is 0 Å². The van der Waals surface area contributed by atoms with Crippen molar-refractivity contribution in [1.29, 1.82) is 0 Å². The second kappa shape index (κ2) is 7.80. The largest absolute Gasteiger partial charge is 0.478 e. The lowest BCUT2D eigenvalue weighted by atomic mass is 9.88. The van der Waals surface area contributed by atoms with Crippen molar-refractivity contribution >= 4 is 29.0 Å². The van der Waals surface area contributed by atoms with Crippen molar-refractivity contribution in [2.24, 2.45) is 0 Å². The molecule has 0 spiro atoms. The van der Waals surface area contributed by atoms with Crippen molar-refractivity contribution in [3.63, 3.8) is 0 Å². The highest BCUT2D eigenvalue weighted by atomic mass is 24.3. The summed E-state index contributed by atoms with van der Waals surface area (Å²) in [7, 11) is 0. The first-order valence-electron chi connectivity index (χ1n) is 6.38. The standard InChI is InChI=1S/C15H22O2.Mg/c1-5-10(3)12-7-8-13(15(16)17)14(9-12)11(4)6-2;/h7-11H,5-6H2,1-4H3,(H,16,17);. The van der Waals surface area contributed by atoms with Gasteiger partial charge in [-0.05, 0) is 41.9 Å². The number of carbonyl (C=O) groups is 1. The SMILES string of the molecule is CCC(C)c1ccc(C(=O)O)c(C(C)CC)c1.[Mg]. The van der Waals surface area contributed by atoms with Crippen LogP contribution in [0.2, 0.25) is 0 Å². The second-order valence-corrected chi connectivity index (χ2v) is 4.77. The molecule has 1 N–H and O–H groups in total. The molecule has 0 aliphatic rings. The summed E-state index contributed by atoms with van der Waals surface area (Å²) >= 11 is 0. The van der Waals surface area contributed by atoms with E-state index in [1.54, 1.807) is 6.07 Å². The summed E-state index contributed by atoms with van der Waals surface area (Å²) in [6, 6.07) is 5.78. The topological polar surface area (TPSA) is 37.3 Å². The summed E-state index contributed by atoms with van der Waals surface area (Å²) in [5.41, 5.74) is 2.66. The highest BCUT2D eigenvalue weighted by Crippen LogP contribution is 2.28. The average Bonchev–Trinajstić information content (AvgIpc) is 2.35. The number of hydrogen-bond donors (Lipinski definition) is 1. The normalized spacial score (nSPS) is 13.6. The zero-order chi connectivity index (χ0) is 13.0. The van der Waals surface area contributed by atoms with Crippen molar-refractivity contribution in [3.8, 4) is 0 Å². The first-order chi connectivity index (χ1) is 8.01. The predicted molar refractivity (Wildman–Crippen MR) is 76.6 cm³/mol. The van der Waals surface area contributed by atoms with Crippen LogP contribution in [-0.2, 0) is 0 Å². The van der Waals surface area contributed by atoms with Crippen molar-refractivity contribution in [1.82, 2.24) is 0 Å². The zero-order valence-electron chi connectivity index (χ0n) is 11.9. The molecule has 1 aromatic carbocycles. The first kappa shape index (κ1) is 17.5. The van der Waals surface area contributed by atoms with E-state index in [1.165, 1.54) is 5.56 Å². The second-order valence-electron chi connectivity index (χ2n) is 4.77. The Morgan fingerprint density at radius 1 is 1.17 bits per heavy atom. The van der Waals surface area contributed by atoms with E-state index in [9.17, 15) is 9.90 Å². The molecular weight excluding hydrogens is 236 g/mol. The number of hydrogen-bond acceptors (Lipinski definition) is 1. The van der Waals surface area contributed by atoms with Gasteiger partial charge in [0.15, 0.2) is 0 Å². The minimum absolute atomic E-state index is 0. The molecule has 0 heterocycles. The Balaban J connectivity index is 0.00000289. The molecule has 0 amide bonds. The van der Waals surface area contributed by atoms with Crippen LogP contribution >= 0.6 is 0 Å². The lowest BCUT2D eigenvalue weighted by Crippen LogP contribution is -2.07. The maximum Gasteiger partial charge on any atom is 0.335 e. The van der Waals surface area contributed by atoms with E-state index >= 15 is 0 Å². The molecule has 0 aliphatic carbocycles. The fourth-order valence-corrected chi connectivity index (χ4v) is 1.95.